The van der Waals surface area contributed by atoms with Crippen LogP contribution in [0.4, 0.5) is 0 Å². The van der Waals surface area contributed by atoms with Gasteiger partial charge in [-0.05, 0) is 55.2 Å². The predicted octanol–water partition coefficient (Wildman–Crippen LogP) is 4.90. The Balaban J connectivity index is 1.73. The number of benzene rings is 3. The molecule has 0 aliphatic heterocycles. The number of carbonyl (C=O) groups is 1. The fraction of sp³-hybridized carbons (Fsp3) is 0.208. The van der Waals surface area contributed by atoms with Crippen molar-refractivity contribution >= 4 is 5.91 Å². The third kappa shape index (κ3) is 5.20. The molecule has 3 aromatic rings. The summed E-state index contributed by atoms with van der Waals surface area (Å²) in [5.74, 6) is 0.567. The van der Waals surface area contributed by atoms with Crippen molar-refractivity contribution in [2.75, 3.05) is 6.61 Å². The normalized spacial score (nSPS) is 11.7. The summed E-state index contributed by atoms with van der Waals surface area (Å²) in [7, 11) is 0. The smallest absolute Gasteiger partial charge is 0.258 e. The molecular formula is C24H25NO2. The van der Waals surface area contributed by atoms with E-state index in [1.807, 2.05) is 56.3 Å². The van der Waals surface area contributed by atoms with E-state index in [4.69, 9.17) is 4.74 Å². The molecule has 0 aliphatic carbocycles. The first-order chi connectivity index (χ1) is 13.0. The topological polar surface area (TPSA) is 38.3 Å². The highest BCUT2D eigenvalue weighted by molar-refractivity contribution is 5.78. The molecule has 0 unspecified atom stereocenters. The fourth-order valence-corrected chi connectivity index (χ4v) is 3.13. The van der Waals surface area contributed by atoms with Gasteiger partial charge in [-0.25, -0.2) is 0 Å². The van der Waals surface area contributed by atoms with Gasteiger partial charge < -0.3 is 10.1 Å². The van der Waals surface area contributed by atoms with Crippen molar-refractivity contribution in [3.05, 3.63) is 101 Å². The van der Waals surface area contributed by atoms with Crippen molar-refractivity contribution in [1.82, 2.24) is 5.32 Å². The largest absolute Gasteiger partial charge is 0.484 e. The van der Waals surface area contributed by atoms with Gasteiger partial charge in [-0.2, -0.15) is 0 Å². The van der Waals surface area contributed by atoms with Crippen molar-refractivity contribution in [3.8, 4) is 5.75 Å². The zero-order chi connectivity index (χ0) is 19.2. The highest BCUT2D eigenvalue weighted by Gasteiger charge is 2.17. The Hall–Kier alpha value is -3.07. The molecule has 0 saturated heterocycles. The number of hydrogen-bond acceptors (Lipinski definition) is 2. The Labute approximate surface area is 161 Å². The first kappa shape index (κ1) is 18.7. The minimum absolute atomic E-state index is 0.0158. The number of rotatable bonds is 6. The number of aryl methyl sites for hydroxylation is 3. The van der Waals surface area contributed by atoms with Crippen molar-refractivity contribution in [3.63, 3.8) is 0 Å². The standard InChI is InChI=1S/C24H25NO2/c1-17-9-11-21(12-10-17)24(20-7-5-4-6-8-20)25-23(26)16-27-22-14-18(2)13-19(3)15-22/h4-15,24H,16H2,1-3H3,(H,25,26)/t24-/m0/s1. The molecule has 0 saturated carbocycles. The Morgan fingerprint density at radius 1 is 0.815 bits per heavy atom. The van der Waals surface area contributed by atoms with Crippen LogP contribution in [0.1, 0.15) is 33.9 Å². The van der Waals surface area contributed by atoms with Crippen LogP contribution < -0.4 is 10.1 Å². The monoisotopic (exact) mass is 359 g/mol. The number of carbonyl (C=O) groups excluding carboxylic acids is 1. The van der Waals surface area contributed by atoms with E-state index in [0.717, 1.165) is 22.3 Å². The summed E-state index contributed by atoms with van der Waals surface area (Å²) in [5.41, 5.74) is 5.52. The number of hydrogen-bond donors (Lipinski definition) is 1. The van der Waals surface area contributed by atoms with Crippen LogP contribution in [-0.4, -0.2) is 12.5 Å². The molecule has 1 amide bonds. The molecule has 0 heterocycles. The summed E-state index contributed by atoms with van der Waals surface area (Å²) >= 11 is 0. The SMILES string of the molecule is Cc1ccc([C@@H](NC(=O)COc2cc(C)cc(C)c2)c2ccccc2)cc1. The molecule has 27 heavy (non-hydrogen) atoms. The second-order valence-corrected chi connectivity index (χ2v) is 6.93. The lowest BCUT2D eigenvalue weighted by Crippen LogP contribution is -2.33. The maximum atomic E-state index is 12.6. The van der Waals surface area contributed by atoms with Crippen LogP contribution in [0.15, 0.2) is 72.8 Å². The summed E-state index contributed by atoms with van der Waals surface area (Å²) in [5, 5.41) is 3.10. The number of ether oxygens (including phenoxy) is 1. The number of amides is 1. The molecule has 0 aromatic heterocycles. The van der Waals surface area contributed by atoms with Crippen LogP contribution in [0.3, 0.4) is 0 Å². The third-order valence-corrected chi connectivity index (χ3v) is 4.41. The van der Waals surface area contributed by atoms with E-state index >= 15 is 0 Å². The lowest BCUT2D eigenvalue weighted by molar-refractivity contribution is -0.123. The van der Waals surface area contributed by atoms with Gasteiger partial charge in [0.25, 0.3) is 5.91 Å². The maximum absolute atomic E-state index is 12.6. The van der Waals surface area contributed by atoms with Crippen LogP contribution in [0.25, 0.3) is 0 Å². The highest BCUT2D eigenvalue weighted by Crippen LogP contribution is 2.22. The predicted molar refractivity (Wildman–Crippen MR) is 109 cm³/mol. The van der Waals surface area contributed by atoms with Gasteiger partial charge in [0.1, 0.15) is 5.75 Å². The summed E-state index contributed by atoms with van der Waals surface area (Å²) in [6, 6.07) is 24.0. The molecule has 0 spiro atoms. The summed E-state index contributed by atoms with van der Waals surface area (Å²) in [6.07, 6.45) is 0. The molecule has 3 rings (SSSR count). The van der Waals surface area contributed by atoms with E-state index in [1.54, 1.807) is 0 Å². The van der Waals surface area contributed by atoms with Crippen molar-refractivity contribution in [1.29, 1.82) is 0 Å². The van der Waals surface area contributed by atoms with Crippen LogP contribution in [0.2, 0.25) is 0 Å². The first-order valence-corrected chi connectivity index (χ1v) is 9.13. The van der Waals surface area contributed by atoms with Crippen LogP contribution in [0.5, 0.6) is 5.75 Å². The quantitative estimate of drug-likeness (QED) is 0.680. The van der Waals surface area contributed by atoms with E-state index in [-0.39, 0.29) is 18.6 Å². The van der Waals surface area contributed by atoms with E-state index in [9.17, 15) is 4.79 Å². The molecular weight excluding hydrogens is 334 g/mol. The van der Waals surface area contributed by atoms with Crippen molar-refractivity contribution < 1.29 is 9.53 Å². The van der Waals surface area contributed by atoms with Crippen molar-refractivity contribution in [2.24, 2.45) is 0 Å². The highest BCUT2D eigenvalue weighted by atomic mass is 16.5. The lowest BCUT2D eigenvalue weighted by Gasteiger charge is -2.20. The molecule has 0 bridgehead atoms. The maximum Gasteiger partial charge on any atom is 0.258 e. The van der Waals surface area contributed by atoms with Gasteiger partial charge in [0, 0.05) is 0 Å². The minimum atomic E-state index is -0.206. The Morgan fingerprint density at radius 2 is 1.41 bits per heavy atom. The van der Waals surface area contributed by atoms with E-state index in [2.05, 4.69) is 42.6 Å². The molecule has 1 atom stereocenters. The summed E-state index contributed by atoms with van der Waals surface area (Å²) in [6.45, 7) is 6.07. The molecule has 3 nitrogen and oxygen atoms in total. The Morgan fingerprint density at radius 3 is 2.04 bits per heavy atom. The molecule has 138 valence electrons. The molecule has 3 heteroatoms. The summed E-state index contributed by atoms with van der Waals surface area (Å²) in [4.78, 5) is 12.6. The van der Waals surface area contributed by atoms with Gasteiger partial charge in [-0.3, -0.25) is 4.79 Å². The zero-order valence-corrected chi connectivity index (χ0v) is 16.0. The molecule has 0 aliphatic rings. The molecule has 0 radical (unpaired) electrons. The van der Waals surface area contributed by atoms with Gasteiger partial charge in [0.15, 0.2) is 6.61 Å². The average Bonchev–Trinajstić information content (AvgIpc) is 2.65. The fourth-order valence-electron chi connectivity index (χ4n) is 3.13. The van der Waals surface area contributed by atoms with Gasteiger partial charge in [0.2, 0.25) is 0 Å². The van der Waals surface area contributed by atoms with Gasteiger partial charge in [0.05, 0.1) is 6.04 Å². The second-order valence-electron chi connectivity index (χ2n) is 6.93. The van der Waals surface area contributed by atoms with Crippen LogP contribution >= 0.6 is 0 Å². The van der Waals surface area contributed by atoms with Gasteiger partial charge in [-0.15, -0.1) is 0 Å². The molecule has 0 fully saturated rings. The number of nitrogens with one attached hydrogen (secondary N) is 1. The zero-order valence-electron chi connectivity index (χ0n) is 16.0. The van der Waals surface area contributed by atoms with Gasteiger partial charge in [-0.1, -0.05) is 66.2 Å². The molecule has 3 aromatic carbocycles. The Bertz CT molecular complexity index is 881. The summed E-state index contributed by atoms with van der Waals surface area (Å²) < 4.78 is 5.71. The van der Waals surface area contributed by atoms with E-state index < -0.39 is 0 Å². The van der Waals surface area contributed by atoms with E-state index in [0.29, 0.717) is 5.75 Å². The lowest BCUT2D eigenvalue weighted by atomic mass is 9.98. The Kier molecular flexibility index (Phi) is 5.92. The van der Waals surface area contributed by atoms with Gasteiger partial charge >= 0.3 is 0 Å². The average molecular weight is 359 g/mol. The van der Waals surface area contributed by atoms with Crippen LogP contribution in [0, 0.1) is 20.8 Å². The van der Waals surface area contributed by atoms with E-state index in [1.165, 1.54) is 5.56 Å². The van der Waals surface area contributed by atoms with Crippen LogP contribution in [-0.2, 0) is 4.79 Å². The third-order valence-electron chi connectivity index (χ3n) is 4.41. The minimum Gasteiger partial charge on any atom is -0.484 e. The van der Waals surface area contributed by atoms with Crippen molar-refractivity contribution in [2.45, 2.75) is 26.8 Å². The first-order valence-electron chi connectivity index (χ1n) is 9.13. The molecule has 1 N–H and O–H groups in total. The second kappa shape index (κ2) is 8.54.